The molecule has 0 amide bonds. The lowest BCUT2D eigenvalue weighted by molar-refractivity contribution is -0.121. The number of hydrogen-bond donors (Lipinski definition) is 0. The van der Waals surface area contributed by atoms with Crippen LogP contribution < -0.4 is 0 Å². The summed E-state index contributed by atoms with van der Waals surface area (Å²) in [5.74, 6) is 0.236. The molecule has 0 aliphatic heterocycles. The zero-order valence-electron chi connectivity index (χ0n) is 20.7. The fraction of sp³-hybridized carbons (Fsp3) is 0.276. The molecule has 7 nitrogen and oxygen atoms in total. The summed E-state index contributed by atoms with van der Waals surface area (Å²) in [5.41, 5.74) is 3.95. The van der Waals surface area contributed by atoms with Crippen LogP contribution >= 0.6 is 0 Å². The Kier molecular flexibility index (Phi) is 5.19. The normalized spacial score (nSPS) is 22.7. The number of hydrogen-bond acceptors (Lipinski definition) is 5. The maximum atomic E-state index is 15.0. The van der Waals surface area contributed by atoms with Crippen LogP contribution in [0.3, 0.4) is 0 Å². The molecule has 37 heavy (non-hydrogen) atoms. The molecule has 2 heterocycles. The summed E-state index contributed by atoms with van der Waals surface area (Å²) in [5, 5.41) is 8.83. The van der Waals surface area contributed by atoms with Gasteiger partial charge in [0.2, 0.25) is 5.70 Å². The summed E-state index contributed by atoms with van der Waals surface area (Å²) >= 11 is 0. The summed E-state index contributed by atoms with van der Waals surface area (Å²) in [6.07, 6.45) is 3.22. The number of ketones is 1. The molecule has 0 bridgehead atoms. The third-order valence-electron chi connectivity index (χ3n) is 7.81. The van der Waals surface area contributed by atoms with Crippen molar-refractivity contribution in [2.45, 2.75) is 39.0 Å². The topological polar surface area (TPSA) is 78.2 Å². The van der Waals surface area contributed by atoms with Gasteiger partial charge in [0.1, 0.15) is 5.82 Å². The molecule has 0 N–H and O–H groups in total. The first-order valence-corrected chi connectivity index (χ1v) is 12.2. The first-order chi connectivity index (χ1) is 17.8. The quantitative estimate of drug-likeness (QED) is 0.333. The second kappa shape index (κ2) is 8.34. The Labute approximate surface area is 213 Å². The van der Waals surface area contributed by atoms with Crippen LogP contribution in [0.5, 0.6) is 0 Å². The van der Waals surface area contributed by atoms with E-state index in [2.05, 4.69) is 21.9 Å². The van der Waals surface area contributed by atoms with E-state index >= 15 is 0 Å². The maximum Gasteiger partial charge on any atom is 0.257 e. The second-order valence-corrected chi connectivity index (χ2v) is 9.98. The number of nitrogens with zero attached hydrogens (tertiary/aromatic N) is 5. The molecular formula is C29H24FN5O2. The largest absolute Gasteiger partial charge is 0.334 e. The Morgan fingerprint density at radius 3 is 2.62 bits per heavy atom. The van der Waals surface area contributed by atoms with Crippen LogP contribution in [0.4, 0.5) is 4.39 Å². The van der Waals surface area contributed by atoms with Gasteiger partial charge in [0.25, 0.3) is 5.89 Å². The molecule has 0 spiro atoms. The van der Waals surface area contributed by atoms with Crippen molar-refractivity contribution in [2.75, 3.05) is 0 Å². The Balaban J connectivity index is 1.59. The first-order valence-electron chi connectivity index (χ1n) is 12.2. The van der Waals surface area contributed by atoms with E-state index in [1.165, 1.54) is 6.07 Å². The van der Waals surface area contributed by atoms with Crippen molar-refractivity contribution in [3.05, 3.63) is 94.6 Å². The van der Waals surface area contributed by atoms with Gasteiger partial charge in [0.15, 0.2) is 11.6 Å². The van der Waals surface area contributed by atoms with Gasteiger partial charge in [-0.05, 0) is 62.1 Å². The lowest BCUT2D eigenvalue weighted by Crippen LogP contribution is -2.46. The van der Waals surface area contributed by atoms with Gasteiger partial charge >= 0.3 is 0 Å². The van der Waals surface area contributed by atoms with Gasteiger partial charge in [-0.1, -0.05) is 37.2 Å². The fourth-order valence-corrected chi connectivity index (χ4v) is 6.04. The SMILES string of the molecule is [C-]#[N+]C1=C[C@@]2(C)c3c(c(-c4ccccc4F)nn3-c3ccc(-c4nc(C)no4)cc3)CC[C@@H]2[C@@H](C)C1=O. The lowest BCUT2D eigenvalue weighted by atomic mass is 9.58. The molecule has 8 heteroatoms. The van der Waals surface area contributed by atoms with Gasteiger partial charge in [-0.15, -0.1) is 0 Å². The number of rotatable bonds is 3. The molecule has 0 unspecified atom stereocenters. The van der Waals surface area contributed by atoms with Gasteiger partial charge in [-0.25, -0.2) is 13.9 Å². The van der Waals surface area contributed by atoms with Crippen LogP contribution in [-0.2, 0) is 16.6 Å². The van der Waals surface area contributed by atoms with Crippen molar-refractivity contribution >= 4 is 5.78 Å². The lowest BCUT2D eigenvalue weighted by Gasteiger charge is -2.45. The zero-order valence-corrected chi connectivity index (χ0v) is 20.7. The van der Waals surface area contributed by atoms with Crippen LogP contribution in [0, 0.1) is 31.1 Å². The van der Waals surface area contributed by atoms with Crippen LogP contribution in [0.15, 0.2) is 64.8 Å². The summed E-state index contributed by atoms with van der Waals surface area (Å²) in [6.45, 7) is 13.4. The maximum absolute atomic E-state index is 15.0. The summed E-state index contributed by atoms with van der Waals surface area (Å²) in [7, 11) is 0. The predicted octanol–water partition coefficient (Wildman–Crippen LogP) is 5.88. The highest BCUT2D eigenvalue weighted by Crippen LogP contribution is 2.52. The van der Waals surface area contributed by atoms with Crippen molar-refractivity contribution in [2.24, 2.45) is 11.8 Å². The van der Waals surface area contributed by atoms with Crippen molar-refractivity contribution in [1.29, 1.82) is 0 Å². The minimum Gasteiger partial charge on any atom is -0.334 e. The van der Waals surface area contributed by atoms with Gasteiger partial charge in [-0.2, -0.15) is 10.1 Å². The number of allylic oxidation sites excluding steroid dienone is 2. The fourth-order valence-electron chi connectivity index (χ4n) is 6.04. The molecule has 2 aliphatic carbocycles. The average Bonchev–Trinajstić information content (AvgIpc) is 3.51. The van der Waals surface area contributed by atoms with Gasteiger partial charge in [-0.3, -0.25) is 0 Å². The summed E-state index contributed by atoms with van der Waals surface area (Å²) in [6, 6.07) is 14.2. The van der Waals surface area contributed by atoms with Gasteiger partial charge < -0.3 is 9.32 Å². The molecule has 2 aromatic carbocycles. The number of halogens is 1. The molecule has 4 aromatic rings. The Bertz CT molecular complexity index is 1620. The number of fused-ring (bicyclic) bond motifs is 3. The third kappa shape index (κ3) is 3.45. The number of carbonyl (C=O) groups is 1. The molecule has 2 aromatic heterocycles. The highest BCUT2D eigenvalue weighted by atomic mass is 19.1. The Morgan fingerprint density at radius 1 is 1.19 bits per heavy atom. The van der Waals surface area contributed by atoms with Crippen molar-refractivity contribution in [3.8, 4) is 28.4 Å². The van der Waals surface area contributed by atoms with Crippen molar-refractivity contribution < 1.29 is 13.7 Å². The van der Waals surface area contributed by atoms with Crippen molar-refractivity contribution in [1.82, 2.24) is 19.9 Å². The van der Waals surface area contributed by atoms with Crippen molar-refractivity contribution in [3.63, 3.8) is 0 Å². The minimum absolute atomic E-state index is 0.00237. The summed E-state index contributed by atoms with van der Waals surface area (Å²) < 4.78 is 22.1. The van der Waals surface area contributed by atoms with E-state index in [0.29, 0.717) is 29.4 Å². The summed E-state index contributed by atoms with van der Waals surface area (Å²) in [4.78, 5) is 20.8. The number of carbonyl (C=O) groups excluding carboxylic acids is 1. The molecule has 0 fully saturated rings. The zero-order chi connectivity index (χ0) is 25.9. The Hall–Kier alpha value is -4.38. The molecule has 3 atom stereocenters. The van der Waals surface area contributed by atoms with Crippen LogP contribution in [0.25, 0.3) is 33.2 Å². The van der Waals surface area contributed by atoms with E-state index in [1.54, 1.807) is 25.1 Å². The van der Waals surface area contributed by atoms with E-state index in [1.807, 2.05) is 41.9 Å². The number of benzene rings is 2. The second-order valence-electron chi connectivity index (χ2n) is 9.98. The molecule has 6 rings (SSSR count). The molecular weight excluding hydrogens is 469 g/mol. The molecule has 0 saturated heterocycles. The highest BCUT2D eigenvalue weighted by molar-refractivity contribution is 6.00. The van der Waals surface area contributed by atoms with Crippen LogP contribution in [-0.4, -0.2) is 25.7 Å². The molecule has 184 valence electrons. The van der Waals surface area contributed by atoms with E-state index in [-0.39, 0.29) is 29.1 Å². The van der Waals surface area contributed by atoms with E-state index < -0.39 is 5.41 Å². The smallest absolute Gasteiger partial charge is 0.257 e. The number of Topliss-reactive ketones (excluding diaryl/α,β-unsaturated/α-hetero) is 1. The van der Waals surface area contributed by atoms with Gasteiger partial charge in [0, 0.05) is 28.0 Å². The molecule has 0 saturated carbocycles. The molecule has 2 aliphatic rings. The Morgan fingerprint density at radius 2 is 1.95 bits per heavy atom. The average molecular weight is 494 g/mol. The van der Waals surface area contributed by atoms with Crippen LogP contribution in [0.1, 0.15) is 37.4 Å². The van der Waals surface area contributed by atoms with Gasteiger partial charge in [0.05, 0.1) is 23.6 Å². The number of aryl methyl sites for hydroxylation is 1. The van der Waals surface area contributed by atoms with Crippen LogP contribution in [0.2, 0.25) is 0 Å². The minimum atomic E-state index is -0.625. The molecule has 0 radical (unpaired) electrons. The monoisotopic (exact) mass is 493 g/mol. The first kappa shape index (κ1) is 23.0. The van der Waals surface area contributed by atoms with E-state index in [9.17, 15) is 9.18 Å². The highest BCUT2D eigenvalue weighted by Gasteiger charge is 2.50. The standard InChI is InChI=1S/C29H24FN5O2/c1-16-22-14-13-21-25(20-7-5-6-8-23(20)30)33-35(27(21)29(22,3)15-24(31-4)26(16)36)19-11-9-18(10-12-19)28-32-17(2)34-37-28/h5-12,15-16,22H,13-14H2,1-3H3/t16-,22-,29-/m1/s1. The number of aromatic nitrogens is 4. The van der Waals surface area contributed by atoms with E-state index in [0.717, 1.165) is 28.9 Å². The predicted molar refractivity (Wildman–Crippen MR) is 135 cm³/mol. The third-order valence-corrected chi connectivity index (χ3v) is 7.81. The van der Waals surface area contributed by atoms with E-state index in [4.69, 9.17) is 16.2 Å².